The second-order valence-corrected chi connectivity index (χ2v) is 9.94. The molecule has 1 amide bonds. The highest BCUT2D eigenvalue weighted by atomic mass is 19.1. The Balaban J connectivity index is 1.30. The third-order valence-corrected chi connectivity index (χ3v) is 7.23. The van der Waals surface area contributed by atoms with Crippen molar-refractivity contribution in [1.29, 1.82) is 0 Å². The Morgan fingerprint density at radius 3 is 2.30 bits per heavy atom. The molecule has 2 fully saturated rings. The van der Waals surface area contributed by atoms with E-state index in [0.29, 0.717) is 63.7 Å². The van der Waals surface area contributed by atoms with Gasteiger partial charge in [0.2, 0.25) is 0 Å². The number of hydrogen-bond donors (Lipinski definition) is 1. The van der Waals surface area contributed by atoms with Crippen LogP contribution in [0, 0.1) is 5.82 Å². The van der Waals surface area contributed by atoms with Crippen LogP contribution in [0.15, 0.2) is 54.6 Å². The van der Waals surface area contributed by atoms with Crippen LogP contribution in [-0.2, 0) is 11.3 Å². The van der Waals surface area contributed by atoms with Crippen molar-refractivity contribution >= 4 is 17.9 Å². The van der Waals surface area contributed by atoms with Gasteiger partial charge < -0.3 is 19.3 Å². The Bertz CT molecular complexity index is 1360. The van der Waals surface area contributed by atoms with Gasteiger partial charge in [0.15, 0.2) is 5.69 Å². The first-order valence-corrected chi connectivity index (χ1v) is 13.4. The molecule has 0 unspecified atom stereocenters. The second kappa shape index (κ2) is 11.5. The summed E-state index contributed by atoms with van der Waals surface area (Å²) in [7, 11) is 0. The summed E-state index contributed by atoms with van der Waals surface area (Å²) in [5.41, 5.74) is 1.87. The fourth-order valence-corrected chi connectivity index (χ4v) is 5.30. The molecule has 210 valence electrons. The van der Waals surface area contributed by atoms with E-state index in [1.807, 2.05) is 26.0 Å². The van der Waals surface area contributed by atoms with Gasteiger partial charge >= 0.3 is 12.1 Å². The number of carboxylic acid groups (broad SMARTS) is 1. The molecule has 3 heterocycles. The van der Waals surface area contributed by atoms with E-state index in [9.17, 15) is 19.1 Å². The molecule has 3 aromatic rings. The maximum absolute atomic E-state index is 13.6. The number of nitrogens with zero attached hydrogens (tertiary/aromatic N) is 3. The summed E-state index contributed by atoms with van der Waals surface area (Å²) in [6, 6.07) is 14.9. The SMILES string of the molecule is CCOc1cc(CN2CCC3(CC2)CN(c2cccc(C(=O)O)n2)C(=O)O3)cc(OCC)c1-c1ccc(F)cc1. The van der Waals surface area contributed by atoms with Crippen molar-refractivity contribution in [2.75, 3.05) is 37.7 Å². The van der Waals surface area contributed by atoms with E-state index in [-0.39, 0.29) is 17.3 Å². The van der Waals surface area contributed by atoms with E-state index >= 15 is 0 Å². The number of aromatic nitrogens is 1. The number of rotatable bonds is 9. The van der Waals surface area contributed by atoms with Gasteiger partial charge in [-0.1, -0.05) is 18.2 Å². The molecule has 0 atom stereocenters. The Morgan fingerprint density at radius 2 is 1.70 bits per heavy atom. The van der Waals surface area contributed by atoms with E-state index in [0.717, 1.165) is 16.7 Å². The number of ether oxygens (including phenoxy) is 3. The molecule has 1 aromatic heterocycles. The van der Waals surface area contributed by atoms with Gasteiger partial charge in [0.1, 0.15) is 28.7 Å². The van der Waals surface area contributed by atoms with Crippen molar-refractivity contribution in [2.24, 2.45) is 0 Å². The summed E-state index contributed by atoms with van der Waals surface area (Å²) in [5, 5.41) is 9.26. The number of anilines is 1. The highest BCUT2D eigenvalue weighted by Crippen LogP contribution is 2.41. The lowest BCUT2D eigenvalue weighted by molar-refractivity contribution is -0.00101. The summed E-state index contributed by atoms with van der Waals surface area (Å²) < 4.78 is 31.4. The molecule has 40 heavy (non-hydrogen) atoms. The minimum atomic E-state index is -1.15. The fraction of sp³-hybridized carbons (Fsp3) is 0.367. The van der Waals surface area contributed by atoms with Gasteiger partial charge in [0.25, 0.3) is 0 Å². The highest BCUT2D eigenvalue weighted by Gasteiger charge is 2.48. The Labute approximate surface area is 232 Å². The van der Waals surface area contributed by atoms with Crippen molar-refractivity contribution in [2.45, 2.75) is 38.8 Å². The molecular weight excluding hydrogens is 517 g/mol. The van der Waals surface area contributed by atoms with Crippen LogP contribution in [0.3, 0.4) is 0 Å². The first kappa shape index (κ1) is 27.4. The molecule has 5 rings (SSSR count). The van der Waals surface area contributed by atoms with Crippen molar-refractivity contribution in [3.8, 4) is 22.6 Å². The standard InChI is InChI=1S/C30H32FN3O6/c1-3-38-24-16-20(17-25(39-4-2)27(24)21-8-10-22(31)11-9-21)18-33-14-12-30(13-15-33)19-34(29(37)40-30)26-7-5-6-23(32-26)28(35)36/h5-11,16-17H,3-4,12-15,18-19H2,1-2H3,(H,35,36). The van der Waals surface area contributed by atoms with Crippen LogP contribution < -0.4 is 14.4 Å². The van der Waals surface area contributed by atoms with Gasteiger partial charge in [-0.25, -0.2) is 19.0 Å². The van der Waals surface area contributed by atoms with Gasteiger partial charge in [0.05, 0.1) is 25.3 Å². The first-order chi connectivity index (χ1) is 19.3. The molecular formula is C30H32FN3O6. The molecule has 1 N–H and O–H groups in total. The molecule has 0 aliphatic carbocycles. The number of piperidine rings is 1. The zero-order valence-corrected chi connectivity index (χ0v) is 22.6. The number of aromatic carboxylic acids is 1. The summed E-state index contributed by atoms with van der Waals surface area (Å²) in [5.74, 6) is 0.181. The molecule has 10 heteroatoms. The normalized spacial score (nSPS) is 16.7. The third-order valence-electron chi connectivity index (χ3n) is 7.23. The molecule has 0 bridgehead atoms. The van der Waals surface area contributed by atoms with Gasteiger partial charge in [-0.2, -0.15) is 0 Å². The lowest BCUT2D eigenvalue weighted by Gasteiger charge is -2.37. The van der Waals surface area contributed by atoms with E-state index in [1.165, 1.54) is 23.1 Å². The van der Waals surface area contributed by atoms with E-state index in [2.05, 4.69) is 9.88 Å². The van der Waals surface area contributed by atoms with Crippen LogP contribution in [0.25, 0.3) is 11.1 Å². The van der Waals surface area contributed by atoms with Crippen molar-refractivity contribution < 1.29 is 33.3 Å². The van der Waals surface area contributed by atoms with E-state index < -0.39 is 17.7 Å². The molecule has 0 radical (unpaired) electrons. The minimum Gasteiger partial charge on any atom is -0.493 e. The topological polar surface area (TPSA) is 101 Å². The van der Waals surface area contributed by atoms with Crippen LogP contribution in [0.2, 0.25) is 0 Å². The number of carbonyl (C=O) groups is 2. The lowest BCUT2D eigenvalue weighted by Crippen LogP contribution is -2.46. The number of carbonyl (C=O) groups excluding carboxylic acids is 1. The zero-order valence-electron chi connectivity index (χ0n) is 22.6. The summed E-state index contributed by atoms with van der Waals surface area (Å²) in [6.45, 7) is 7.18. The number of amides is 1. The molecule has 0 saturated carbocycles. The Hall–Kier alpha value is -4.18. The third kappa shape index (κ3) is 5.72. The van der Waals surface area contributed by atoms with Crippen LogP contribution in [0.1, 0.15) is 42.7 Å². The van der Waals surface area contributed by atoms with Crippen molar-refractivity contribution in [3.05, 3.63) is 71.7 Å². The van der Waals surface area contributed by atoms with Gasteiger partial charge in [-0.3, -0.25) is 9.80 Å². The number of hydrogen-bond acceptors (Lipinski definition) is 7. The highest BCUT2D eigenvalue weighted by molar-refractivity contribution is 5.91. The molecule has 1 spiro atoms. The Morgan fingerprint density at radius 1 is 1.05 bits per heavy atom. The van der Waals surface area contributed by atoms with Gasteiger partial charge in [0, 0.05) is 32.5 Å². The first-order valence-electron chi connectivity index (χ1n) is 13.4. The maximum Gasteiger partial charge on any atom is 0.416 e. The largest absolute Gasteiger partial charge is 0.493 e. The molecule has 2 saturated heterocycles. The number of halogens is 1. The number of pyridine rings is 1. The van der Waals surface area contributed by atoms with Crippen molar-refractivity contribution in [3.63, 3.8) is 0 Å². The summed E-state index contributed by atoms with van der Waals surface area (Å²) >= 11 is 0. The Kier molecular flexibility index (Phi) is 7.88. The van der Waals surface area contributed by atoms with Gasteiger partial charge in [-0.05, 0) is 61.4 Å². The lowest BCUT2D eigenvalue weighted by atomic mass is 9.91. The van der Waals surface area contributed by atoms with Gasteiger partial charge in [-0.15, -0.1) is 0 Å². The van der Waals surface area contributed by atoms with E-state index in [4.69, 9.17) is 14.2 Å². The molecule has 2 aromatic carbocycles. The van der Waals surface area contributed by atoms with Crippen LogP contribution in [-0.4, -0.2) is 65.5 Å². The quantitative estimate of drug-likeness (QED) is 0.380. The molecule has 9 nitrogen and oxygen atoms in total. The summed E-state index contributed by atoms with van der Waals surface area (Å²) in [4.78, 5) is 31.9. The maximum atomic E-state index is 13.6. The number of likely N-dealkylation sites (tertiary alicyclic amines) is 1. The predicted molar refractivity (Wildman–Crippen MR) is 146 cm³/mol. The average molecular weight is 550 g/mol. The van der Waals surface area contributed by atoms with Crippen LogP contribution in [0.5, 0.6) is 11.5 Å². The average Bonchev–Trinajstić information content (AvgIpc) is 3.27. The molecule has 2 aliphatic rings. The zero-order chi connectivity index (χ0) is 28.3. The monoisotopic (exact) mass is 549 g/mol. The van der Waals surface area contributed by atoms with Crippen molar-refractivity contribution in [1.82, 2.24) is 9.88 Å². The molecule has 2 aliphatic heterocycles. The predicted octanol–water partition coefficient (Wildman–Crippen LogP) is 5.37. The van der Waals surface area contributed by atoms with Crippen LogP contribution in [0.4, 0.5) is 15.0 Å². The summed E-state index contributed by atoms with van der Waals surface area (Å²) in [6.07, 6.45) is 0.763. The number of benzene rings is 2. The second-order valence-electron chi connectivity index (χ2n) is 9.94. The number of carboxylic acids is 1. The van der Waals surface area contributed by atoms with Crippen LogP contribution >= 0.6 is 0 Å². The van der Waals surface area contributed by atoms with E-state index in [1.54, 1.807) is 24.3 Å². The minimum absolute atomic E-state index is 0.121. The smallest absolute Gasteiger partial charge is 0.416 e. The fourth-order valence-electron chi connectivity index (χ4n) is 5.30.